The van der Waals surface area contributed by atoms with Crippen molar-refractivity contribution < 1.29 is 14.7 Å². The van der Waals surface area contributed by atoms with Gasteiger partial charge in [0, 0.05) is 23.9 Å². The monoisotopic (exact) mass is 485 g/mol. The number of likely N-dealkylation sites (tertiary alicyclic amines) is 1. The van der Waals surface area contributed by atoms with Crippen molar-refractivity contribution in [1.82, 2.24) is 15.5 Å². The molecule has 34 heavy (non-hydrogen) atoms. The van der Waals surface area contributed by atoms with Crippen LogP contribution >= 0.6 is 11.3 Å². The number of amides is 2. The fraction of sp³-hybridized carbons (Fsp3) is 0.556. The molecule has 1 fully saturated rings. The molecule has 4 atom stereocenters. The Hall–Kier alpha value is -2.22. The van der Waals surface area contributed by atoms with Gasteiger partial charge in [0.2, 0.25) is 11.8 Å². The summed E-state index contributed by atoms with van der Waals surface area (Å²) in [5.74, 6) is -0.367. The summed E-state index contributed by atoms with van der Waals surface area (Å²) in [6, 6.07) is 9.12. The number of aryl methyl sites for hydroxylation is 1. The number of thiophene rings is 1. The van der Waals surface area contributed by atoms with Crippen molar-refractivity contribution in [1.29, 1.82) is 0 Å². The molecule has 1 unspecified atom stereocenters. The minimum absolute atomic E-state index is 0.119. The van der Waals surface area contributed by atoms with E-state index in [1.54, 1.807) is 16.2 Å². The quantitative estimate of drug-likeness (QED) is 0.547. The highest BCUT2D eigenvalue weighted by molar-refractivity contribution is 7.13. The van der Waals surface area contributed by atoms with Crippen LogP contribution in [0.25, 0.3) is 10.4 Å². The molecule has 3 rings (SSSR count). The van der Waals surface area contributed by atoms with Crippen molar-refractivity contribution in [2.75, 3.05) is 6.54 Å². The third-order valence-corrected chi connectivity index (χ3v) is 7.44. The van der Waals surface area contributed by atoms with Crippen LogP contribution in [0.2, 0.25) is 0 Å². The summed E-state index contributed by atoms with van der Waals surface area (Å²) in [7, 11) is 0. The Morgan fingerprint density at radius 3 is 2.29 bits per heavy atom. The smallest absolute Gasteiger partial charge is 0.243 e. The second-order valence-electron chi connectivity index (χ2n) is 10.8. The number of hydrogen-bond donors (Lipinski definition) is 3. The van der Waals surface area contributed by atoms with Crippen LogP contribution < -0.4 is 10.6 Å². The maximum Gasteiger partial charge on any atom is 0.243 e. The molecule has 7 heteroatoms. The van der Waals surface area contributed by atoms with Gasteiger partial charge in [0.15, 0.2) is 0 Å². The Morgan fingerprint density at radius 1 is 1.12 bits per heavy atom. The zero-order valence-electron chi connectivity index (χ0n) is 21.4. The van der Waals surface area contributed by atoms with E-state index in [-0.39, 0.29) is 42.3 Å². The van der Waals surface area contributed by atoms with Gasteiger partial charge in [-0.2, -0.15) is 0 Å². The molecule has 2 heterocycles. The maximum absolute atomic E-state index is 13.5. The number of carbonyl (C=O) groups is 2. The lowest BCUT2D eigenvalue weighted by atomic mass is 9.85. The van der Waals surface area contributed by atoms with Crippen LogP contribution in [0.15, 0.2) is 35.7 Å². The van der Waals surface area contributed by atoms with Crippen molar-refractivity contribution in [2.24, 2.45) is 5.41 Å². The third-order valence-electron chi connectivity index (χ3n) is 6.37. The zero-order valence-corrected chi connectivity index (χ0v) is 22.2. The fourth-order valence-electron chi connectivity index (χ4n) is 4.48. The van der Waals surface area contributed by atoms with Gasteiger partial charge in [-0.25, -0.2) is 0 Å². The predicted molar refractivity (Wildman–Crippen MR) is 139 cm³/mol. The van der Waals surface area contributed by atoms with Gasteiger partial charge in [-0.1, -0.05) is 58.9 Å². The number of hydrogen-bond acceptors (Lipinski definition) is 5. The standard InChI is InChI=1S/C27H39N3O3S/c1-16(2)28-24(27(5,6)7)26(33)30-15-21(31)14-22(30)25(32)29-18(4)19-8-10-20(11-9-19)23-17(3)12-13-34-23/h8-13,16,18,21-22,24,28,31H,14-15H2,1-7H3,(H,29,32)/t18-,21+,22?,24-/m0/s1. The Morgan fingerprint density at radius 2 is 1.76 bits per heavy atom. The van der Waals surface area contributed by atoms with Crippen LogP contribution in [0.5, 0.6) is 0 Å². The van der Waals surface area contributed by atoms with Crippen molar-refractivity contribution in [3.05, 3.63) is 46.8 Å². The molecular weight excluding hydrogens is 446 g/mol. The Balaban J connectivity index is 1.72. The Bertz CT molecular complexity index is 993. The normalized spacial score (nSPS) is 20.4. The summed E-state index contributed by atoms with van der Waals surface area (Å²) in [4.78, 5) is 29.5. The summed E-state index contributed by atoms with van der Waals surface area (Å²) in [5, 5.41) is 18.8. The largest absolute Gasteiger partial charge is 0.391 e. The number of carbonyl (C=O) groups excluding carboxylic acids is 2. The molecule has 0 saturated carbocycles. The van der Waals surface area contributed by atoms with Crippen molar-refractivity contribution in [3.8, 4) is 10.4 Å². The van der Waals surface area contributed by atoms with E-state index in [1.165, 1.54) is 10.4 Å². The highest BCUT2D eigenvalue weighted by Gasteiger charge is 2.44. The number of benzene rings is 1. The molecule has 186 valence electrons. The highest BCUT2D eigenvalue weighted by Crippen LogP contribution is 2.30. The summed E-state index contributed by atoms with van der Waals surface area (Å²) < 4.78 is 0. The van der Waals surface area contributed by atoms with Crippen LogP contribution in [0.4, 0.5) is 0 Å². The third kappa shape index (κ3) is 6.06. The van der Waals surface area contributed by atoms with Gasteiger partial charge in [-0.3, -0.25) is 9.59 Å². The summed E-state index contributed by atoms with van der Waals surface area (Å²) in [5.41, 5.74) is 3.09. The number of β-amino-alcohol motifs (C(OH)–C–C–N with tert-alkyl or cyclic N) is 1. The highest BCUT2D eigenvalue weighted by atomic mass is 32.1. The second kappa shape index (κ2) is 10.6. The summed E-state index contributed by atoms with van der Waals surface area (Å²) in [6.45, 7) is 14.3. The molecule has 1 aromatic heterocycles. The number of aliphatic hydroxyl groups excluding tert-OH is 1. The summed E-state index contributed by atoms with van der Waals surface area (Å²) in [6.07, 6.45) is -0.456. The first-order valence-corrected chi connectivity index (χ1v) is 13.0. The van der Waals surface area contributed by atoms with Crippen molar-refractivity contribution in [2.45, 2.75) is 85.2 Å². The molecule has 0 spiro atoms. The first-order chi connectivity index (χ1) is 15.9. The number of nitrogens with one attached hydrogen (secondary N) is 2. The number of nitrogens with zero attached hydrogens (tertiary/aromatic N) is 1. The van der Waals surface area contributed by atoms with Gasteiger partial charge in [0.05, 0.1) is 18.2 Å². The zero-order chi connectivity index (χ0) is 25.2. The molecule has 0 radical (unpaired) electrons. The van der Waals surface area contributed by atoms with Gasteiger partial charge in [-0.15, -0.1) is 11.3 Å². The summed E-state index contributed by atoms with van der Waals surface area (Å²) >= 11 is 1.72. The van der Waals surface area contributed by atoms with Crippen LogP contribution in [-0.4, -0.2) is 52.6 Å². The maximum atomic E-state index is 13.5. The molecule has 6 nitrogen and oxygen atoms in total. The molecule has 2 amide bonds. The molecule has 1 aromatic carbocycles. The molecule has 0 aliphatic carbocycles. The molecule has 3 N–H and O–H groups in total. The lowest BCUT2D eigenvalue weighted by Gasteiger charge is -2.36. The van der Waals surface area contributed by atoms with E-state index in [9.17, 15) is 14.7 Å². The van der Waals surface area contributed by atoms with Crippen molar-refractivity contribution >= 4 is 23.2 Å². The Labute approximate surface area is 207 Å². The molecule has 1 aliphatic rings. The molecule has 2 aromatic rings. The SMILES string of the molecule is Cc1ccsc1-c1ccc([C@H](C)NC(=O)C2C[C@@H](O)CN2C(=O)[C@H](NC(C)C)C(C)(C)C)cc1. The van der Waals surface area contributed by atoms with Gasteiger partial charge in [0.25, 0.3) is 0 Å². The van der Waals surface area contributed by atoms with E-state index >= 15 is 0 Å². The van der Waals surface area contributed by atoms with Crippen LogP contribution in [0.3, 0.4) is 0 Å². The van der Waals surface area contributed by atoms with Crippen molar-refractivity contribution in [3.63, 3.8) is 0 Å². The average molecular weight is 486 g/mol. The lowest BCUT2D eigenvalue weighted by molar-refractivity contribution is -0.142. The predicted octanol–water partition coefficient (Wildman–Crippen LogP) is 4.28. The number of aliphatic hydroxyl groups is 1. The van der Waals surface area contributed by atoms with E-state index in [4.69, 9.17) is 0 Å². The average Bonchev–Trinajstić information content (AvgIpc) is 3.36. The van der Waals surface area contributed by atoms with Gasteiger partial charge < -0.3 is 20.6 Å². The minimum atomic E-state index is -0.706. The molecule has 1 aliphatic heterocycles. The van der Waals surface area contributed by atoms with Crippen LogP contribution in [0.1, 0.15) is 65.1 Å². The van der Waals surface area contributed by atoms with E-state index in [2.05, 4.69) is 41.1 Å². The van der Waals surface area contributed by atoms with E-state index < -0.39 is 18.2 Å². The minimum Gasteiger partial charge on any atom is -0.391 e. The molecular formula is C27H39N3O3S. The first-order valence-electron chi connectivity index (χ1n) is 12.1. The van der Waals surface area contributed by atoms with Crippen LogP contribution in [0, 0.1) is 12.3 Å². The van der Waals surface area contributed by atoms with Gasteiger partial charge >= 0.3 is 0 Å². The molecule has 1 saturated heterocycles. The topological polar surface area (TPSA) is 81.7 Å². The second-order valence-corrected chi connectivity index (χ2v) is 11.7. The molecule has 0 bridgehead atoms. The lowest BCUT2D eigenvalue weighted by Crippen LogP contribution is -2.57. The van der Waals surface area contributed by atoms with Crippen LogP contribution in [-0.2, 0) is 9.59 Å². The van der Waals surface area contributed by atoms with E-state index in [1.807, 2.05) is 53.7 Å². The van der Waals surface area contributed by atoms with Gasteiger partial charge in [-0.05, 0) is 47.4 Å². The Kier molecular flexibility index (Phi) is 8.22. The fourth-order valence-corrected chi connectivity index (χ4v) is 5.42. The van der Waals surface area contributed by atoms with E-state index in [0.29, 0.717) is 0 Å². The van der Waals surface area contributed by atoms with E-state index in [0.717, 1.165) is 11.1 Å². The first kappa shape index (κ1) is 26.4. The number of rotatable bonds is 7. The van der Waals surface area contributed by atoms with Gasteiger partial charge in [0.1, 0.15) is 6.04 Å².